The summed E-state index contributed by atoms with van der Waals surface area (Å²) in [5.74, 6) is -0.495. The van der Waals surface area contributed by atoms with Gasteiger partial charge in [0.25, 0.3) is 11.5 Å². The zero-order valence-corrected chi connectivity index (χ0v) is 12.8. The average molecular weight is 307 g/mol. The van der Waals surface area contributed by atoms with Gasteiger partial charge in [0.2, 0.25) is 5.91 Å². The number of nitrogens with two attached hydrogens (primary N) is 1. The highest BCUT2D eigenvalue weighted by molar-refractivity contribution is 5.96. The lowest BCUT2D eigenvalue weighted by atomic mass is 10.1. The SMILES string of the molecule is CCN(CC)C(=O)[C@@H]1C[C@H](N)CN1C(=O)c1c[nH]c(=O)cn1. The number of nitrogens with one attached hydrogen (secondary N) is 1. The number of hydrogen-bond acceptors (Lipinski definition) is 5. The average Bonchev–Trinajstić information content (AvgIpc) is 2.90. The van der Waals surface area contributed by atoms with E-state index in [4.69, 9.17) is 5.73 Å². The summed E-state index contributed by atoms with van der Waals surface area (Å²) in [5, 5.41) is 0. The van der Waals surface area contributed by atoms with Crippen molar-refractivity contribution in [2.75, 3.05) is 19.6 Å². The van der Waals surface area contributed by atoms with E-state index >= 15 is 0 Å². The Morgan fingerprint density at radius 2 is 2.14 bits per heavy atom. The molecule has 1 aliphatic heterocycles. The first-order chi connectivity index (χ1) is 10.5. The molecular formula is C14H21N5O3. The number of nitrogens with zero attached hydrogens (tertiary/aromatic N) is 3. The molecule has 2 rings (SSSR count). The van der Waals surface area contributed by atoms with Crippen molar-refractivity contribution in [3.8, 4) is 0 Å². The second-order valence-electron chi connectivity index (χ2n) is 5.28. The van der Waals surface area contributed by atoms with Crippen molar-refractivity contribution in [2.45, 2.75) is 32.4 Å². The van der Waals surface area contributed by atoms with Crippen LogP contribution in [0.15, 0.2) is 17.2 Å². The van der Waals surface area contributed by atoms with Crippen LogP contribution in [0.1, 0.15) is 30.8 Å². The topological polar surface area (TPSA) is 112 Å². The van der Waals surface area contributed by atoms with Crippen LogP contribution in [-0.4, -0.2) is 63.3 Å². The summed E-state index contributed by atoms with van der Waals surface area (Å²) in [6.07, 6.45) is 2.74. The summed E-state index contributed by atoms with van der Waals surface area (Å²) in [5.41, 5.74) is 5.65. The van der Waals surface area contributed by atoms with Crippen LogP contribution in [-0.2, 0) is 4.79 Å². The van der Waals surface area contributed by atoms with Crippen molar-refractivity contribution in [3.05, 3.63) is 28.4 Å². The fourth-order valence-electron chi connectivity index (χ4n) is 2.68. The van der Waals surface area contributed by atoms with Gasteiger partial charge in [-0.25, -0.2) is 4.98 Å². The summed E-state index contributed by atoms with van der Waals surface area (Å²) in [7, 11) is 0. The molecule has 120 valence electrons. The van der Waals surface area contributed by atoms with Crippen LogP contribution < -0.4 is 11.3 Å². The lowest BCUT2D eigenvalue weighted by molar-refractivity contribution is -0.134. The lowest BCUT2D eigenvalue weighted by Gasteiger charge is -2.28. The minimum atomic E-state index is -0.573. The maximum atomic E-state index is 12.6. The normalized spacial score (nSPS) is 21.0. The standard InChI is InChI=1S/C14H21N5O3/c1-3-18(4-2)14(22)11-5-9(15)8-19(11)13(21)10-6-17-12(20)7-16-10/h6-7,9,11H,3-5,8,15H2,1-2H3,(H,17,20)/t9-,11-/m0/s1. The molecule has 22 heavy (non-hydrogen) atoms. The van der Waals surface area contributed by atoms with Gasteiger partial charge >= 0.3 is 0 Å². The fraction of sp³-hybridized carbons (Fsp3) is 0.571. The van der Waals surface area contributed by atoms with E-state index in [0.29, 0.717) is 26.1 Å². The van der Waals surface area contributed by atoms with Gasteiger partial charge in [0.1, 0.15) is 11.7 Å². The maximum absolute atomic E-state index is 12.6. The Bertz CT molecular complexity index is 590. The summed E-state index contributed by atoms with van der Waals surface area (Å²) in [6.45, 7) is 5.26. The Kier molecular flexibility index (Phi) is 4.92. The van der Waals surface area contributed by atoms with Gasteiger partial charge in [-0.15, -0.1) is 0 Å². The van der Waals surface area contributed by atoms with Gasteiger partial charge in [0.05, 0.1) is 6.20 Å². The van der Waals surface area contributed by atoms with Gasteiger partial charge in [0.15, 0.2) is 0 Å². The molecule has 1 saturated heterocycles. The molecule has 0 bridgehead atoms. The monoisotopic (exact) mass is 307 g/mol. The summed E-state index contributed by atoms with van der Waals surface area (Å²) in [6, 6.07) is -0.813. The third-order valence-electron chi connectivity index (χ3n) is 3.85. The van der Waals surface area contributed by atoms with Crippen LogP contribution in [0, 0.1) is 0 Å². The number of aromatic nitrogens is 2. The number of aromatic amines is 1. The molecular weight excluding hydrogens is 286 g/mol. The third kappa shape index (κ3) is 3.16. The Hall–Kier alpha value is -2.22. The number of likely N-dealkylation sites (tertiary alicyclic amines) is 1. The fourth-order valence-corrected chi connectivity index (χ4v) is 2.68. The van der Waals surface area contributed by atoms with E-state index in [-0.39, 0.29) is 23.2 Å². The maximum Gasteiger partial charge on any atom is 0.274 e. The summed E-state index contributed by atoms with van der Waals surface area (Å²) in [4.78, 5) is 45.5. The molecule has 3 N–H and O–H groups in total. The highest BCUT2D eigenvalue weighted by Crippen LogP contribution is 2.20. The summed E-state index contributed by atoms with van der Waals surface area (Å²) < 4.78 is 0. The Morgan fingerprint density at radius 1 is 1.45 bits per heavy atom. The molecule has 0 spiro atoms. The Morgan fingerprint density at radius 3 is 2.68 bits per heavy atom. The van der Waals surface area contributed by atoms with Crippen molar-refractivity contribution in [3.63, 3.8) is 0 Å². The molecule has 1 aromatic rings. The van der Waals surface area contributed by atoms with Crippen LogP contribution in [0.5, 0.6) is 0 Å². The predicted octanol–water partition coefficient (Wildman–Crippen LogP) is -0.820. The number of rotatable bonds is 4. The van der Waals surface area contributed by atoms with E-state index in [1.165, 1.54) is 11.1 Å². The third-order valence-corrected chi connectivity index (χ3v) is 3.85. The van der Waals surface area contributed by atoms with E-state index in [0.717, 1.165) is 6.20 Å². The highest BCUT2D eigenvalue weighted by atomic mass is 16.2. The molecule has 0 aromatic carbocycles. The number of hydrogen-bond donors (Lipinski definition) is 2. The van der Waals surface area contributed by atoms with Crippen molar-refractivity contribution in [1.82, 2.24) is 19.8 Å². The first-order valence-electron chi connectivity index (χ1n) is 7.38. The van der Waals surface area contributed by atoms with Crippen LogP contribution in [0.3, 0.4) is 0 Å². The van der Waals surface area contributed by atoms with Gasteiger partial charge in [-0.1, -0.05) is 0 Å². The molecule has 1 aromatic heterocycles. The van der Waals surface area contributed by atoms with Gasteiger partial charge in [-0.05, 0) is 20.3 Å². The minimum absolute atomic E-state index is 0.101. The lowest BCUT2D eigenvalue weighted by Crippen LogP contribution is -2.48. The van der Waals surface area contributed by atoms with Crippen LogP contribution in [0.2, 0.25) is 0 Å². The molecule has 8 nitrogen and oxygen atoms in total. The van der Waals surface area contributed by atoms with Crippen LogP contribution in [0.25, 0.3) is 0 Å². The highest BCUT2D eigenvalue weighted by Gasteiger charge is 2.40. The number of amides is 2. The number of H-pyrrole nitrogens is 1. The molecule has 2 heterocycles. The molecule has 0 unspecified atom stereocenters. The molecule has 8 heteroatoms. The molecule has 0 aliphatic carbocycles. The zero-order valence-electron chi connectivity index (χ0n) is 12.8. The van der Waals surface area contributed by atoms with Crippen LogP contribution in [0.4, 0.5) is 0 Å². The zero-order chi connectivity index (χ0) is 16.3. The first-order valence-corrected chi connectivity index (χ1v) is 7.38. The molecule has 2 atom stereocenters. The second kappa shape index (κ2) is 6.69. The predicted molar refractivity (Wildman–Crippen MR) is 80.2 cm³/mol. The molecule has 1 fully saturated rings. The van der Waals surface area contributed by atoms with E-state index in [9.17, 15) is 14.4 Å². The largest absolute Gasteiger partial charge is 0.341 e. The van der Waals surface area contributed by atoms with Gasteiger partial charge in [0, 0.05) is 31.9 Å². The minimum Gasteiger partial charge on any atom is -0.341 e. The molecule has 1 aliphatic rings. The van der Waals surface area contributed by atoms with Crippen LogP contribution >= 0.6 is 0 Å². The van der Waals surface area contributed by atoms with E-state index in [2.05, 4.69) is 9.97 Å². The Balaban J connectivity index is 2.23. The summed E-state index contributed by atoms with van der Waals surface area (Å²) >= 11 is 0. The molecule has 0 saturated carbocycles. The van der Waals surface area contributed by atoms with Gasteiger partial charge in [-0.2, -0.15) is 0 Å². The number of carbonyl (C=O) groups is 2. The first kappa shape index (κ1) is 16.2. The van der Waals surface area contributed by atoms with E-state index in [1.807, 2.05) is 13.8 Å². The quantitative estimate of drug-likeness (QED) is 0.754. The smallest absolute Gasteiger partial charge is 0.274 e. The van der Waals surface area contributed by atoms with Crippen molar-refractivity contribution < 1.29 is 9.59 Å². The van der Waals surface area contributed by atoms with Gasteiger partial charge in [-0.3, -0.25) is 14.4 Å². The van der Waals surface area contributed by atoms with Crippen molar-refractivity contribution in [2.24, 2.45) is 5.73 Å². The van der Waals surface area contributed by atoms with Gasteiger partial charge < -0.3 is 20.5 Å². The van der Waals surface area contributed by atoms with Crippen molar-refractivity contribution >= 4 is 11.8 Å². The number of carbonyl (C=O) groups excluding carboxylic acids is 2. The van der Waals surface area contributed by atoms with E-state index < -0.39 is 11.9 Å². The molecule has 0 radical (unpaired) electrons. The number of likely N-dealkylation sites (N-methyl/N-ethyl adjacent to an activating group) is 1. The van der Waals surface area contributed by atoms with Crippen molar-refractivity contribution in [1.29, 1.82) is 0 Å². The molecule has 2 amide bonds. The Labute approximate surface area is 128 Å². The second-order valence-corrected chi connectivity index (χ2v) is 5.28. The van der Waals surface area contributed by atoms with E-state index in [1.54, 1.807) is 4.90 Å².